The van der Waals surface area contributed by atoms with Gasteiger partial charge in [0.25, 0.3) is 5.79 Å². The zero-order valence-electron chi connectivity index (χ0n) is 15.0. The van der Waals surface area contributed by atoms with E-state index in [0.717, 1.165) is 0 Å². The van der Waals surface area contributed by atoms with Crippen LogP contribution in [0.1, 0.15) is 13.8 Å². The van der Waals surface area contributed by atoms with Gasteiger partial charge in [0.1, 0.15) is 0 Å². The van der Waals surface area contributed by atoms with Crippen molar-refractivity contribution in [1.82, 2.24) is 4.98 Å². The van der Waals surface area contributed by atoms with E-state index < -0.39 is 17.7 Å². The number of esters is 2. The zero-order valence-corrected chi connectivity index (χ0v) is 15.7. The molecule has 0 aliphatic carbocycles. The molecule has 1 aromatic heterocycles. The van der Waals surface area contributed by atoms with Crippen molar-refractivity contribution in [3.05, 3.63) is 63.4 Å². The van der Waals surface area contributed by atoms with Crippen molar-refractivity contribution < 1.29 is 19.1 Å². The SMILES string of the molecule is CC1(C)OC(=O)C(=CNc2cccc3c(=O)c4cccc(Cl)c4[nH]c23)C(=O)O1. The quantitative estimate of drug-likeness (QED) is 0.297. The predicted octanol–water partition coefficient (Wildman–Crippen LogP) is 3.47. The minimum absolute atomic E-state index is 0.180. The summed E-state index contributed by atoms with van der Waals surface area (Å²) in [7, 11) is 0. The van der Waals surface area contributed by atoms with Crippen LogP contribution in [-0.4, -0.2) is 22.7 Å². The van der Waals surface area contributed by atoms with Crippen molar-refractivity contribution in [2.24, 2.45) is 0 Å². The summed E-state index contributed by atoms with van der Waals surface area (Å²) in [5, 5.41) is 4.20. The molecule has 2 heterocycles. The Kier molecular flexibility index (Phi) is 4.12. The van der Waals surface area contributed by atoms with Crippen LogP contribution in [0.25, 0.3) is 21.8 Å². The molecule has 0 unspecified atom stereocenters. The number of carbonyl (C=O) groups excluding carboxylic acids is 2. The van der Waals surface area contributed by atoms with Gasteiger partial charge in [-0.25, -0.2) is 9.59 Å². The fraction of sp³-hybridized carbons (Fsp3) is 0.150. The number of aromatic nitrogens is 1. The van der Waals surface area contributed by atoms with Crippen LogP contribution in [0.15, 0.2) is 53.0 Å². The molecule has 142 valence electrons. The second-order valence-corrected chi connectivity index (χ2v) is 7.13. The molecule has 2 N–H and O–H groups in total. The van der Waals surface area contributed by atoms with Gasteiger partial charge in [0.05, 0.1) is 21.7 Å². The normalized spacial score (nSPS) is 16.0. The van der Waals surface area contributed by atoms with E-state index in [4.69, 9.17) is 21.1 Å². The lowest BCUT2D eigenvalue weighted by Crippen LogP contribution is -2.42. The van der Waals surface area contributed by atoms with Crippen LogP contribution in [0.2, 0.25) is 5.02 Å². The van der Waals surface area contributed by atoms with Crippen molar-refractivity contribution in [2.75, 3.05) is 5.32 Å². The molecular formula is C20H15ClN2O5. The van der Waals surface area contributed by atoms with Crippen LogP contribution in [0.5, 0.6) is 0 Å². The van der Waals surface area contributed by atoms with Crippen LogP contribution < -0.4 is 10.7 Å². The number of benzene rings is 2. The number of pyridine rings is 1. The third-order valence-electron chi connectivity index (χ3n) is 4.31. The molecule has 1 aliphatic rings. The predicted molar refractivity (Wildman–Crippen MR) is 105 cm³/mol. The smallest absolute Gasteiger partial charge is 0.350 e. The van der Waals surface area contributed by atoms with E-state index in [-0.39, 0.29) is 11.0 Å². The van der Waals surface area contributed by atoms with E-state index in [9.17, 15) is 14.4 Å². The highest BCUT2D eigenvalue weighted by Crippen LogP contribution is 2.27. The summed E-state index contributed by atoms with van der Waals surface area (Å²) in [4.78, 5) is 40.1. The van der Waals surface area contributed by atoms with Crippen LogP contribution in [-0.2, 0) is 19.1 Å². The van der Waals surface area contributed by atoms with E-state index >= 15 is 0 Å². The number of anilines is 1. The first-order valence-electron chi connectivity index (χ1n) is 8.43. The van der Waals surface area contributed by atoms with Crippen LogP contribution in [0, 0.1) is 0 Å². The van der Waals surface area contributed by atoms with Gasteiger partial charge < -0.3 is 19.8 Å². The van der Waals surface area contributed by atoms with Crippen molar-refractivity contribution in [2.45, 2.75) is 19.6 Å². The Balaban J connectivity index is 1.81. The maximum absolute atomic E-state index is 12.8. The molecule has 0 amide bonds. The second kappa shape index (κ2) is 6.38. The summed E-state index contributed by atoms with van der Waals surface area (Å²) < 4.78 is 10.1. The summed E-state index contributed by atoms with van der Waals surface area (Å²) in [6, 6.07) is 10.1. The van der Waals surface area contributed by atoms with Crippen LogP contribution >= 0.6 is 11.6 Å². The van der Waals surface area contributed by atoms with E-state index in [1.807, 2.05) is 0 Å². The highest BCUT2D eigenvalue weighted by molar-refractivity contribution is 6.35. The highest BCUT2D eigenvalue weighted by Gasteiger charge is 2.38. The monoisotopic (exact) mass is 398 g/mol. The van der Waals surface area contributed by atoms with Gasteiger partial charge in [-0.3, -0.25) is 4.79 Å². The molecule has 3 aromatic rings. The fourth-order valence-electron chi connectivity index (χ4n) is 3.04. The first kappa shape index (κ1) is 18.1. The molecular weight excluding hydrogens is 384 g/mol. The van der Waals surface area contributed by atoms with Gasteiger partial charge in [-0.1, -0.05) is 23.7 Å². The third kappa shape index (κ3) is 2.99. The van der Waals surface area contributed by atoms with Gasteiger partial charge >= 0.3 is 11.9 Å². The Bertz CT molecular complexity index is 1220. The van der Waals surface area contributed by atoms with E-state index in [2.05, 4.69) is 10.3 Å². The standard InChI is InChI=1S/C20H15ClN2O5/c1-20(2)27-18(25)12(19(26)28-20)9-22-14-8-4-6-11-16(14)23-15-10(17(11)24)5-3-7-13(15)21/h3-9,22H,1-2H3,(H,23,24). The number of hydrogen-bond acceptors (Lipinski definition) is 6. The highest BCUT2D eigenvalue weighted by atomic mass is 35.5. The zero-order chi connectivity index (χ0) is 20.1. The van der Waals surface area contributed by atoms with Crippen molar-refractivity contribution >= 4 is 51.0 Å². The largest absolute Gasteiger partial charge is 0.419 e. The van der Waals surface area contributed by atoms with E-state index in [1.54, 1.807) is 36.4 Å². The lowest BCUT2D eigenvalue weighted by molar-refractivity contribution is -0.222. The van der Waals surface area contributed by atoms with Crippen LogP contribution in [0.3, 0.4) is 0 Å². The Morgan fingerprint density at radius 2 is 1.57 bits per heavy atom. The van der Waals surface area contributed by atoms with Gasteiger partial charge in [-0.15, -0.1) is 0 Å². The molecule has 1 aliphatic heterocycles. The topological polar surface area (TPSA) is 97.5 Å². The molecule has 0 bridgehead atoms. The number of nitrogens with one attached hydrogen (secondary N) is 2. The molecule has 1 saturated heterocycles. The number of para-hydroxylation sites is 2. The number of hydrogen-bond donors (Lipinski definition) is 2. The van der Waals surface area contributed by atoms with E-state index in [1.165, 1.54) is 20.0 Å². The lowest BCUT2D eigenvalue weighted by atomic mass is 10.1. The summed E-state index contributed by atoms with van der Waals surface area (Å²) in [6.45, 7) is 2.94. The molecule has 0 saturated carbocycles. The molecule has 28 heavy (non-hydrogen) atoms. The molecule has 0 radical (unpaired) electrons. The second-order valence-electron chi connectivity index (χ2n) is 6.73. The van der Waals surface area contributed by atoms with Gasteiger partial charge in [0.15, 0.2) is 11.0 Å². The summed E-state index contributed by atoms with van der Waals surface area (Å²) in [5.74, 6) is -2.90. The average Bonchev–Trinajstić information content (AvgIpc) is 2.61. The van der Waals surface area contributed by atoms with Crippen molar-refractivity contribution in [3.63, 3.8) is 0 Å². The van der Waals surface area contributed by atoms with Gasteiger partial charge in [0.2, 0.25) is 0 Å². The number of aromatic amines is 1. The number of H-pyrrole nitrogens is 1. The number of rotatable bonds is 2. The number of cyclic esters (lactones) is 2. The van der Waals surface area contributed by atoms with Crippen molar-refractivity contribution in [1.29, 1.82) is 0 Å². The molecule has 4 rings (SSSR count). The first-order valence-corrected chi connectivity index (χ1v) is 8.81. The van der Waals surface area contributed by atoms with Gasteiger partial charge in [-0.05, 0) is 24.3 Å². The van der Waals surface area contributed by atoms with Crippen molar-refractivity contribution in [3.8, 4) is 0 Å². The fourth-order valence-corrected chi connectivity index (χ4v) is 3.26. The molecule has 8 heteroatoms. The molecule has 1 fully saturated rings. The number of halogens is 1. The van der Waals surface area contributed by atoms with E-state index in [0.29, 0.717) is 32.5 Å². The average molecular weight is 399 g/mol. The van der Waals surface area contributed by atoms with Gasteiger partial charge in [-0.2, -0.15) is 0 Å². The molecule has 7 nitrogen and oxygen atoms in total. The lowest BCUT2D eigenvalue weighted by Gasteiger charge is -2.29. The number of fused-ring (bicyclic) bond motifs is 2. The summed E-state index contributed by atoms with van der Waals surface area (Å²) >= 11 is 6.22. The Morgan fingerprint density at radius 3 is 2.25 bits per heavy atom. The summed E-state index contributed by atoms with van der Waals surface area (Å²) in [6.07, 6.45) is 1.20. The Morgan fingerprint density at radius 1 is 0.964 bits per heavy atom. The maximum atomic E-state index is 12.8. The molecule has 0 spiro atoms. The number of carbonyl (C=O) groups is 2. The first-order chi connectivity index (χ1) is 13.3. The number of ether oxygens (including phenoxy) is 2. The van der Waals surface area contributed by atoms with Crippen LogP contribution in [0.4, 0.5) is 5.69 Å². The minimum Gasteiger partial charge on any atom is -0.419 e. The maximum Gasteiger partial charge on any atom is 0.350 e. The minimum atomic E-state index is -1.31. The molecule has 0 atom stereocenters. The Labute approximate surface area is 163 Å². The third-order valence-corrected chi connectivity index (χ3v) is 4.62. The molecule has 2 aromatic carbocycles. The Hall–Kier alpha value is -3.32. The summed E-state index contributed by atoms with van der Waals surface area (Å²) in [5.41, 5.74) is 1.01. The van der Waals surface area contributed by atoms with Gasteiger partial charge in [0, 0.05) is 30.8 Å².